The summed E-state index contributed by atoms with van der Waals surface area (Å²) in [5.41, 5.74) is 0. The van der Waals surface area contributed by atoms with Crippen molar-refractivity contribution in [1.29, 1.82) is 0 Å². The summed E-state index contributed by atoms with van der Waals surface area (Å²) >= 11 is 1.91. The van der Waals surface area contributed by atoms with Gasteiger partial charge in [0.1, 0.15) is 5.75 Å². The summed E-state index contributed by atoms with van der Waals surface area (Å²) in [5.74, 6) is 0.352. The first-order chi connectivity index (χ1) is 5.34. The number of aromatic hydroxyl groups is 1. The second-order valence-corrected chi connectivity index (χ2v) is 4.18. The van der Waals surface area contributed by atoms with Crippen LogP contribution in [-0.4, -0.2) is 10.4 Å². The van der Waals surface area contributed by atoms with E-state index in [2.05, 4.69) is 0 Å². The number of thioether (sulfide) groups is 1. The van der Waals surface area contributed by atoms with Gasteiger partial charge >= 0.3 is 0 Å². The second kappa shape index (κ2) is 2.78. The van der Waals surface area contributed by atoms with Crippen molar-refractivity contribution in [2.45, 2.75) is 23.0 Å². The molecular weight excluding hydrogens is 156 g/mol. The molecule has 1 saturated carbocycles. The van der Waals surface area contributed by atoms with Gasteiger partial charge in [0.2, 0.25) is 0 Å². The standard InChI is InChI=1S/C9H10OS/c10-7-1-3-8(4-2-7)11-9-5-6-9/h1-4,9-10H,5-6H2. The van der Waals surface area contributed by atoms with E-state index < -0.39 is 0 Å². The zero-order valence-corrected chi connectivity index (χ0v) is 6.97. The third-order valence-corrected chi connectivity index (χ3v) is 3.01. The van der Waals surface area contributed by atoms with Gasteiger partial charge in [-0.2, -0.15) is 0 Å². The topological polar surface area (TPSA) is 20.2 Å². The summed E-state index contributed by atoms with van der Waals surface area (Å²) in [7, 11) is 0. The summed E-state index contributed by atoms with van der Waals surface area (Å²) in [6.07, 6.45) is 2.71. The molecule has 1 aromatic carbocycles. The van der Waals surface area contributed by atoms with Crippen LogP contribution in [0.25, 0.3) is 0 Å². The summed E-state index contributed by atoms with van der Waals surface area (Å²) in [5, 5.41) is 9.84. The Morgan fingerprint density at radius 1 is 1.18 bits per heavy atom. The van der Waals surface area contributed by atoms with Gasteiger partial charge in [-0.25, -0.2) is 0 Å². The van der Waals surface area contributed by atoms with Crippen LogP contribution in [0.1, 0.15) is 12.8 Å². The molecule has 0 saturated heterocycles. The molecule has 0 aliphatic heterocycles. The van der Waals surface area contributed by atoms with Crippen LogP contribution in [0.15, 0.2) is 29.2 Å². The Morgan fingerprint density at radius 2 is 1.82 bits per heavy atom. The summed E-state index contributed by atoms with van der Waals surface area (Å²) in [6.45, 7) is 0. The predicted octanol–water partition coefficient (Wildman–Crippen LogP) is 2.65. The molecule has 58 valence electrons. The molecule has 0 amide bonds. The van der Waals surface area contributed by atoms with Crippen LogP contribution in [-0.2, 0) is 0 Å². The lowest BCUT2D eigenvalue weighted by atomic mass is 10.3. The van der Waals surface area contributed by atoms with Crippen molar-refractivity contribution in [2.24, 2.45) is 0 Å². The molecule has 1 aliphatic carbocycles. The van der Waals surface area contributed by atoms with Gasteiger partial charge in [-0.05, 0) is 37.1 Å². The van der Waals surface area contributed by atoms with Crippen molar-refractivity contribution in [3.05, 3.63) is 24.3 Å². The fourth-order valence-corrected chi connectivity index (χ4v) is 1.95. The summed E-state index contributed by atoms with van der Waals surface area (Å²) < 4.78 is 0. The Balaban J connectivity index is 2.06. The molecule has 11 heavy (non-hydrogen) atoms. The van der Waals surface area contributed by atoms with Crippen LogP contribution >= 0.6 is 11.8 Å². The molecule has 0 heterocycles. The SMILES string of the molecule is Oc1ccc(SC2CC2)cc1. The molecule has 0 atom stereocenters. The van der Waals surface area contributed by atoms with Gasteiger partial charge in [0, 0.05) is 10.1 Å². The average molecular weight is 166 g/mol. The van der Waals surface area contributed by atoms with E-state index >= 15 is 0 Å². The summed E-state index contributed by atoms with van der Waals surface area (Å²) in [4.78, 5) is 1.27. The lowest BCUT2D eigenvalue weighted by molar-refractivity contribution is 0.475. The minimum absolute atomic E-state index is 0.352. The number of hydrogen-bond donors (Lipinski definition) is 1. The average Bonchev–Trinajstić information content (AvgIpc) is 2.78. The molecule has 1 aliphatic rings. The highest BCUT2D eigenvalue weighted by atomic mass is 32.2. The van der Waals surface area contributed by atoms with Gasteiger partial charge in [0.25, 0.3) is 0 Å². The largest absolute Gasteiger partial charge is 0.508 e. The van der Waals surface area contributed by atoms with Gasteiger partial charge in [-0.15, -0.1) is 11.8 Å². The first kappa shape index (κ1) is 7.04. The molecule has 1 nitrogen and oxygen atoms in total. The van der Waals surface area contributed by atoms with Gasteiger partial charge < -0.3 is 5.11 Å². The van der Waals surface area contributed by atoms with Crippen molar-refractivity contribution >= 4 is 11.8 Å². The van der Waals surface area contributed by atoms with E-state index in [0.717, 1.165) is 5.25 Å². The number of phenols is 1. The molecule has 0 unspecified atom stereocenters. The van der Waals surface area contributed by atoms with Gasteiger partial charge in [-0.1, -0.05) is 0 Å². The van der Waals surface area contributed by atoms with E-state index in [1.165, 1.54) is 17.7 Å². The maximum atomic E-state index is 9.00. The highest BCUT2D eigenvalue weighted by molar-refractivity contribution is 8.00. The predicted molar refractivity (Wildman–Crippen MR) is 47.0 cm³/mol. The third kappa shape index (κ3) is 1.90. The normalized spacial score (nSPS) is 16.7. The van der Waals surface area contributed by atoms with Crippen molar-refractivity contribution in [3.8, 4) is 5.75 Å². The molecule has 2 heteroatoms. The Labute approximate surface area is 70.4 Å². The monoisotopic (exact) mass is 166 g/mol. The molecule has 1 N–H and O–H groups in total. The number of hydrogen-bond acceptors (Lipinski definition) is 2. The fourth-order valence-electron chi connectivity index (χ4n) is 0.903. The van der Waals surface area contributed by atoms with E-state index in [-0.39, 0.29) is 0 Å². The van der Waals surface area contributed by atoms with Crippen LogP contribution < -0.4 is 0 Å². The Morgan fingerprint density at radius 3 is 2.36 bits per heavy atom. The van der Waals surface area contributed by atoms with Crippen molar-refractivity contribution in [1.82, 2.24) is 0 Å². The first-order valence-electron chi connectivity index (χ1n) is 3.80. The van der Waals surface area contributed by atoms with Crippen LogP contribution in [0.4, 0.5) is 0 Å². The second-order valence-electron chi connectivity index (χ2n) is 2.81. The summed E-state index contributed by atoms with van der Waals surface area (Å²) in [6, 6.07) is 7.42. The molecule has 1 aromatic rings. The zero-order chi connectivity index (χ0) is 7.68. The van der Waals surface area contributed by atoms with Crippen LogP contribution in [0.3, 0.4) is 0 Å². The third-order valence-electron chi connectivity index (χ3n) is 1.66. The lowest BCUT2D eigenvalue weighted by Crippen LogP contribution is -1.73. The van der Waals surface area contributed by atoms with Crippen LogP contribution in [0, 0.1) is 0 Å². The highest BCUT2D eigenvalue weighted by Crippen LogP contribution is 2.39. The van der Waals surface area contributed by atoms with Crippen molar-refractivity contribution in [3.63, 3.8) is 0 Å². The van der Waals surface area contributed by atoms with Crippen LogP contribution in [0.5, 0.6) is 5.75 Å². The lowest BCUT2D eigenvalue weighted by Gasteiger charge is -1.97. The van der Waals surface area contributed by atoms with E-state index in [9.17, 15) is 0 Å². The molecule has 0 radical (unpaired) electrons. The molecule has 1 fully saturated rings. The number of phenolic OH excluding ortho intramolecular Hbond substituents is 1. The fraction of sp³-hybridized carbons (Fsp3) is 0.333. The first-order valence-corrected chi connectivity index (χ1v) is 4.68. The maximum Gasteiger partial charge on any atom is 0.115 e. The van der Waals surface area contributed by atoms with E-state index in [4.69, 9.17) is 5.11 Å². The molecule has 0 spiro atoms. The number of rotatable bonds is 2. The Hall–Kier alpha value is -0.630. The van der Waals surface area contributed by atoms with Gasteiger partial charge in [-0.3, -0.25) is 0 Å². The van der Waals surface area contributed by atoms with Crippen molar-refractivity contribution in [2.75, 3.05) is 0 Å². The Bertz CT molecular complexity index is 238. The van der Waals surface area contributed by atoms with Crippen molar-refractivity contribution < 1.29 is 5.11 Å². The minimum atomic E-state index is 0.352. The van der Waals surface area contributed by atoms with Gasteiger partial charge in [0.05, 0.1) is 0 Å². The zero-order valence-electron chi connectivity index (χ0n) is 6.16. The molecule has 0 aromatic heterocycles. The smallest absolute Gasteiger partial charge is 0.115 e. The molecular formula is C9H10OS. The minimum Gasteiger partial charge on any atom is -0.508 e. The molecule has 2 rings (SSSR count). The van der Waals surface area contributed by atoms with Crippen LogP contribution in [0.2, 0.25) is 0 Å². The number of benzene rings is 1. The molecule has 0 bridgehead atoms. The van der Waals surface area contributed by atoms with E-state index in [0.29, 0.717) is 5.75 Å². The quantitative estimate of drug-likeness (QED) is 0.728. The van der Waals surface area contributed by atoms with Gasteiger partial charge in [0.15, 0.2) is 0 Å². The maximum absolute atomic E-state index is 9.00. The highest BCUT2D eigenvalue weighted by Gasteiger charge is 2.22. The van der Waals surface area contributed by atoms with E-state index in [1.807, 2.05) is 23.9 Å². The van der Waals surface area contributed by atoms with E-state index in [1.54, 1.807) is 12.1 Å². The Kier molecular flexibility index (Phi) is 1.78.